The molecule has 1 amide bonds. The second-order valence-electron chi connectivity index (χ2n) is 4.88. The van der Waals surface area contributed by atoms with Crippen LogP contribution in [-0.4, -0.2) is 22.5 Å². The fourth-order valence-corrected chi connectivity index (χ4v) is 1.88. The Morgan fingerprint density at radius 1 is 1.29 bits per heavy atom. The van der Waals surface area contributed by atoms with E-state index < -0.39 is 11.0 Å². The highest BCUT2D eigenvalue weighted by molar-refractivity contribution is 5.67. The average molecular weight is 327 g/mol. The molecule has 2 aromatic rings. The number of ether oxygens (including phenoxy) is 1. The van der Waals surface area contributed by atoms with Crippen molar-refractivity contribution in [3.63, 3.8) is 0 Å². The summed E-state index contributed by atoms with van der Waals surface area (Å²) < 4.78 is 5.07. The molecule has 0 radical (unpaired) electrons. The van der Waals surface area contributed by atoms with Crippen LogP contribution in [0.2, 0.25) is 0 Å². The zero-order chi connectivity index (χ0) is 17.2. The molecule has 0 aliphatic rings. The van der Waals surface area contributed by atoms with Crippen molar-refractivity contribution in [2.24, 2.45) is 0 Å². The Labute approximate surface area is 139 Å². The summed E-state index contributed by atoms with van der Waals surface area (Å²) in [6.07, 6.45) is 4.91. The standard InChI is InChI=1S/C17H17N3O4/c21-17(24-13-14-6-2-1-3-7-14)19-10-5-4-8-15-12-16(20(22)23)9-11-18-15/h1-4,6-9,11-12H,5,10,13H2,(H,19,21). The third-order valence-electron chi connectivity index (χ3n) is 3.06. The van der Waals surface area contributed by atoms with Crippen LogP contribution in [0.25, 0.3) is 6.08 Å². The molecule has 24 heavy (non-hydrogen) atoms. The number of alkyl carbamates (subject to hydrolysis) is 1. The van der Waals surface area contributed by atoms with Gasteiger partial charge in [0.2, 0.25) is 0 Å². The van der Waals surface area contributed by atoms with E-state index in [2.05, 4.69) is 10.3 Å². The first-order valence-corrected chi connectivity index (χ1v) is 7.36. The van der Waals surface area contributed by atoms with Crippen LogP contribution in [0.4, 0.5) is 10.5 Å². The van der Waals surface area contributed by atoms with E-state index in [1.54, 1.807) is 12.2 Å². The molecular weight excluding hydrogens is 310 g/mol. The molecule has 0 fully saturated rings. The first kappa shape index (κ1) is 17.1. The minimum absolute atomic E-state index is 0.00716. The average Bonchev–Trinajstić information content (AvgIpc) is 2.61. The van der Waals surface area contributed by atoms with Gasteiger partial charge < -0.3 is 10.1 Å². The van der Waals surface area contributed by atoms with Crippen LogP contribution in [0.15, 0.2) is 54.7 Å². The summed E-state index contributed by atoms with van der Waals surface area (Å²) in [5.41, 5.74) is 1.41. The molecule has 0 unspecified atom stereocenters. The van der Waals surface area contributed by atoms with Gasteiger partial charge in [0.15, 0.2) is 0 Å². The molecule has 2 rings (SSSR count). The molecule has 0 saturated heterocycles. The smallest absolute Gasteiger partial charge is 0.407 e. The Bertz CT molecular complexity index is 717. The maximum absolute atomic E-state index is 11.5. The summed E-state index contributed by atoms with van der Waals surface area (Å²) in [6.45, 7) is 0.624. The lowest BCUT2D eigenvalue weighted by atomic mass is 10.2. The Hall–Kier alpha value is -3.22. The molecule has 0 aliphatic carbocycles. The molecular formula is C17H17N3O4. The lowest BCUT2D eigenvalue weighted by Gasteiger charge is -2.05. The molecule has 1 aromatic carbocycles. The molecule has 124 valence electrons. The fourth-order valence-electron chi connectivity index (χ4n) is 1.88. The van der Waals surface area contributed by atoms with Crippen molar-refractivity contribution >= 4 is 17.9 Å². The van der Waals surface area contributed by atoms with E-state index in [4.69, 9.17) is 4.74 Å². The number of nitrogens with zero attached hydrogens (tertiary/aromatic N) is 2. The van der Waals surface area contributed by atoms with Gasteiger partial charge in [-0.1, -0.05) is 36.4 Å². The van der Waals surface area contributed by atoms with Crippen LogP contribution in [-0.2, 0) is 11.3 Å². The first-order chi connectivity index (χ1) is 11.6. The monoisotopic (exact) mass is 327 g/mol. The van der Waals surface area contributed by atoms with E-state index in [0.717, 1.165) is 5.56 Å². The van der Waals surface area contributed by atoms with Crippen LogP contribution in [0.5, 0.6) is 0 Å². The molecule has 1 aromatic heterocycles. The van der Waals surface area contributed by atoms with Crippen molar-refractivity contribution < 1.29 is 14.5 Å². The molecule has 7 nitrogen and oxygen atoms in total. The van der Waals surface area contributed by atoms with Crippen LogP contribution in [0.1, 0.15) is 17.7 Å². The molecule has 1 heterocycles. The van der Waals surface area contributed by atoms with E-state index in [-0.39, 0.29) is 12.3 Å². The van der Waals surface area contributed by atoms with Gasteiger partial charge in [-0.25, -0.2) is 4.79 Å². The maximum Gasteiger partial charge on any atom is 0.407 e. The lowest BCUT2D eigenvalue weighted by molar-refractivity contribution is -0.384. The highest BCUT2D eigenvalue weighted by atomic mass is 16.6. The summed E-state index contributed by atoms with van der Waals surface area (Å²) in [6, 6.07) is 12.1. The largest absolute Gasteiger partial charge is 0.445 e. The zero-order valence-corrected chi connectivity index (χ0v) is 12.9. The van der Waals surface area contributed by atoms with Gasteiger partial charge in [-0.15, -0.1) is 0 Å². The molecule has 7 heteroatoms. The van der Waals surface area contributed by atoms with Crippen LogP contribution in [0, 0.1) is 10.1 Å². The van der Waals surface area contributed by atoms with Crippen molar-refractivity contribution in [2.45, 2.75) is 13.0 Å². The number of benzene rings is 1. The van der Waals surface area contributed by atoms with Gasteiger partial charge >= 0.3 is 6.09 Å². The topological polar surface area (TPSA) is 94.4 Å². The number of nitrogens with one attached hydrogen (secondary N) is 1. The highest BCUT2D eigenvalue weighted by Crippen LogP contribution is 2.11. The molecule has 0 bridgehead atoms. The molecule has 0 spiro atoms. The number of pyridine rings is 1. The quantitative estimate of drug-likeness (QED) is 0.478. The van der Waals surface area contributed by atoms with E-state index >= 15 is 0 Å². The SMILES string of the molecule is O=C(NCCC=Cc1cc([N+](=O)[O-])ccn1)OCc1ccccc1. The highest BCUT2D eigenvalue weighted by Gasteiger charge is 2.04. The molecule has 0 atom stereocenters. The number of hydrogen-bond donors (Lipinski definition) is 1. The van der Waals surface area contributed by atoms with Crippen molar-refractivity contribution in [1.29, 1.82) is 0 Å². The zero-order valence-electron chi connectivity index (χ0n) is 12.9. The fraction of sp³-hybridized carbons (Fsp3) is 0.176. The van der Waals surface area contributed by atoms with E-state index in [9.17, 15) is 14.9 Å². The molecule has 0 aliphatic heterocycles. The van der Waals surface area contributed by atoms with Crippen LogP contribution in [0.3, 0.4) is 0 Å². The summed E-state index contributed by atoms with van der Waals surface area (Å²) in [4.78, 5) is 25.7. The van der Waals surface area contributed by atoms with Gasteiger partial charge in [0.1, 0.15) is 6.61 Å². The Balaban J connectivity index is 1.68. The number of carbonyl (C=O) groups excluding carboxylic acids is 1. The van der Waals surface area contributed by atoms with Gasteiger partial charge in [-0.3, -0.25) is 15.1 Å². The third-order valence-corrected chi connectivity index (χ3v) is 3.06. The summed E-state index contributed by atoms with van der Waals surface area (Å²) in [7, 11) is 0. The van der Waals surface area contributed by atoms with Crippen molar-refractivity contribution in [3.05, 3.63) is 76.1 Å². The van der Waals surface area contributed by atoms with E-state index in [1.807, 2.05) is 30.3 Å². The second kappa shape index (κ2) is 9.04. The Morgan fingerprint density at radius 3 is 2.83 bits per heavy atom. The Morgan fingerprint density at radius 2 is 2.08 bits per heavy atom. The molecule has 0 saturated carbocycles. The van der Waals surface area contributed by atoms with Gasteiger partial charge in [0.05, 0.1) is 10.6 Å². The normalized spacial score (nSPS) is 10.5. The molecule has 1 N–H and O–H groups in total. The second-order valence-corrected chi connectivity index (χ2v) is 4.88. The van der Waals surface area contributed by atoms with Crippen molar-refractivity contribution in [2.75, 3.05) is 6.54 Å². The summed E-state index contributed by atoms with van der Waals surface area (Å²) >= 11 is 0. The predicted molar refractivity (Wildman–Crippen MR) is 89.2 cm³/mol. The Kier molecular flexibility index (Phi) is 6.46. The number of rotatable bonds is 7. The van der Waals surface area contributed by atoms with Crippen molar-refractivity contribution in [3.8, 4) is 0 Å². The minimum atomic E-state index is -0.485. The minimum Gasteiger partial charge on any atom is -0.445 e. The third kappa shape index (κ3) is 5.88. The number of aromatic nitrogens is 1. The number of hydrogen-bond acceptors (Lipinski definition) is 5. The lowest BCUT2D eigenvalue weighted by Crippen LogP contribution is -2.24. The van der Waals surface area contributed by atoms with Crippen LogP contribution < -0.4 is 5.32 Å². The van der Waals surface area contributed by atoms with Crippen LogP contribution >= 0.6 is 0 Å². The number of amides is 1. The number of nitro groups is 1. The summed E-state index contributed by atoms with van der Waals surface area (Å²) in [5, 5.41) is 13.3. The number of carbonyl (C=O) groups is 1. The van der Waals surface area contributed by atoms with Gasteiger partial charge in [0, 0.05) is 24.9 Å². The summed E-state index contributed by atoms with van der Waals surface area (Å²) in [5.74, 6) is 0. The van der Waals surface area contributed by atoms with E-state index in [1.165, 1.54) is 18.3 Å². The first-order valence-electron chi connectivity index (χ1n) is 7.36. The van der Waals surface area contributed by atoms with Gasteiger partial charge in [-0.05, 0) is 18.1 Å². The van der Waals surface area contributed by atoms with Gasteiger partial charge in [-0.2, -0.15) is 0 Å². The van der Waals surface area contributed by atoms with Crippen molar-refractivity contribution in [1.82, 2.24) is 10.3 Å². The van der Waals surface area contributed by atoms with E-state index in [0.29, 0.717) is 18.7 Å². The maximum atomic E-state index is 11.5. The predicted octanol–water partition coefficient (Wildman–Crippen LogP) is 3.32. The van der Waals surface area contributed by atoms with Gasteiger partial charge in [0.25, 0.3) is 5.69 Å².